The Balaban J connectivity index is 2.15. The van der Waals surface area contributed by atoms with Crippen molar-refractivity contribution in [2.24, 2.45) is 0 Å². The average Bonchev–Trinajstić information content (AvgIpc) is 3.13. The highest BCUT2D eigenvalue weighted by Crippen LogP contribution is 2.34. The zero-order chi connectivity index (χ0) is 14.6. The van der Waals surface area contributed by atoms with Gasteiger partial charge in [-0.15, -0.1) is 0 Å². The van der Waals surface area contributed by atoms with Gasteiger partial charge >= 0.3 is 0 Å². The number of anilines is 1. The van der Waals surface area contributed by atoms with Crippen LogP contribution in [0.3, 0.4) is 0 Å². The normalized spacial score (nSPS) is 16.8. The maximum atomic E-state index is 12.7. The summed E-state index contributed by atoms with van der Waals surface area (Å²) in [5.74, 6) is -0.139. The van der Waals surface area contributed by atoms with Crippen LogP contribution in [-0.2, 0) is 4.79 Å². The van der Waals surface area contributed by atoms with Gasteiger partial charge in [-0.05, 0) is 13.0 Å². The number of rotatable bonds is 1. The van der Waals surface area contributed by atoms with Crippen molar-refractivity contribution in [1.29, 1.82) is 0 Å². The predicted molar refractivity (Wildman–Crippen MR) is 79.3 cm³/mol. The Hall–Kier alpha value is -2.54. The van der Waals surface area contributed by atoms with Gasteiger partial charge in [-0.3, -0.25) is 9.59 Å². The molecule has 6 nitrogen and oxygen atoms in total. The summed E-state index contributed by atoms with van der Waals surface area (Å²) >= 11 is 1.20. The molecule has 0 fully saturated rings. The highest BCUT2D eigenvalue weighted by Gasteiger charge is 2.33. The first-order chi connectivity index (χ1) is 10.2. The molecule has 1 aromatic carbocycles. The number of fused-ring (bicyclic) bond motifs is 2. The topological polar surface area (TPSA) is 67.6 Å². The molecule has 0 aliphatic carbocycles. The van der Waals surface area contributed by atoms with E-state index in [9.17, 15) is 9.59 Å². The van der Waals surface area contributed by atoms with Crippen molar-refractivity contribution in [2.75, 3.05) is 11.4 Å². The van der Waals surface area contributed by atoms with Crippen LogP contribution in [0.15, 0.2) is 35.4 Å². The Morgan fingerprint density at radius 1 is 1.24 bits per heavy atom. The minimum Gasteiger partial charge on any atom is -0.308 e. The molecule has 0 saturated carbocycles. The van der Waals surface area contributed by atoms with Gasteiger partial charge in [0, 0.05) is 12.1 Å². The van der Waals surface area contributed by atoms with E-state index in [0.29, 0.717) is 21.6 Å². The van der Waals surface area contributed by atoms with Crippen LogP contribution in [0.4, 0.5) is 5.69 Å². The van der Waals surface area contributed by atoms with E-state index < -0.39 is 0 Å². The molecule has 7 heteroatoms. The number of amides is 1. The Kier molecular flexibility index (Phi) is 2.46. The van der Waals surface area contributed by atoms with E-state index in [2.05, 4.69) is 10.1 Å². The summed E-state index contributed by atoms with van der Waals surface area (Å²) in [6, 6.07) is 7.52. The Morgan fingerprint density at radius 3 is 2.81 bits per heavy atom. The van der Waals surface area contributed by atoms with Crippen molar-refractivity contribution in [3.8, 4) is 0 Å². The largest absolute Gasteiger partial charge is 0.308 e. The van der Waals surface area contributed by atoms with Gasteiger partial charge in [-0.2, -0.15) is 9.61 Å². The van der Waals surface area contributed by atoms with Gasteiger partial charge < -0.3 is 4.90 Å². The molecule has 0 saturated heterocycles. The second-order valence-corrected chi connectivity index (χ2v) is 5.61. The van der Waals surface area contributed by atoms with Crippen molar-refractivity contribution in [3.05, 3.63) is 51.0 Å². The number of carbonyl (C=O) groups is 1. The summed E-state index contributed by atoms with van der Waals surface area (Å²) in [6.45, 7) is 2.48. The van der Waals surface area contributed by atoms with Crippen molar-refractivity contribution in [3.63, 3.8) is 0 Å². The number of aromatic nitrogens is 3. The summed E-state index contributed by atoms with van der Waals surface area (Å²) in [5.41, 5.74) is 1.81. The molecule has 1 aliphatic rings. The van der Waals surface area contributed by atoms with Gasteiger partial charge in [0.1, 0.15) is 10.9 Å². The molecule has 3 heterocycles. The number of hydrogen-bond donors (Lipinski definition) is 0. The number of carbonyl (C=O) groups excluding carboxylic acids is 1. The van der Waals surface area contributed by atoms with Gasteiger partial charge in [0.15, 0.2) is 0 Å². The van der Waals surface area contributed by atoms with Crippen LogP contribution < -0.4 is 15.0 Å². The molecule has 1 aliphatic heterocycles. The minimum atomic E-state index is -0.288. The molecule has 3 aromatic rings. The number of hydrogen-bond acceptors (Lipinski definition) is 5. The summed E-state index contributed by atoms with van der Waals surface area (Å²) in [7, 11) is 0. The van der Waals surface area contributed by atoms with Crippen LogP contribution in [0.1, 0.15) is 12.5 Å². The fraction of sp³-hybridized carbons (Fsp3) is 0.143. The molecule has 21 heavy (non-hydrogen) atoms. The van der Waals surface area contributed by atoms with E-state index in [4.69, 9.17) is 0 Å². The van der Waals surface area contributed by atoms with Crippen LogP contribution in [0.2, 0.25) is 0 Å². The molecule has 4 rings (SSSR count). The SMILES string of the molecule is CCN1C(=O)/C(=c2\sc3ncnn3c2=O)c2ccccc21. The first-order valence-corrected chi connectivity index (χ1v) is 7.32. The smallest absolute Gasteiger partial charge is 0.291 e. The van der Waals surface area contributed by atoms with Gasteiger partial charge in [0.2, 0.25) is 4.96 Å². The van der Waals surface area contributed by atoms with Crippen molar-refractivity contribution < 1.29 is 4.79 Å². The number of likely N-dealkylation sites (N-methyl/N-ethyl adjacent to an activating group) is 1. The number of para-hydroxylation sites is 1. The van der Waals surface area contributed by atoms with Crippen LogP contribution in [-0.4, -0.2) is 27.0 Å². The highest BCUT2D eigenvalue weighted by molar-refractivity contribution is 7.15. The van der Waals surface area contributed by atoms with Crippen LogP contribution in [0, 0.1) is 0 Å². The Bertz CT molecular complexity index is 988. The van der Waals surface area contributed by atoms with E-state index in [1.807, 2.05) is 31.2 Å². The van der Waals surface area contributed by atoms with E-state index >= 15 is 0 Å². The molecule has 2 aromatic heterocycles. The van der Waals surface area contributed by atoms with E-state index in [1.54, 1.807) is 4.90 Å². The predicted octanol–water partition coefficient (Wildman–Crippen LogP) is 0.435. The van der Waals surface area contributed by atoms with Crippen LogP contribution >= 0.6 is 11.3 Å². The van der Waals surface area contributed by atoms with E-state index in [1.165, 1.54) is 22.2 Å². The van der Waals surface area contributed by atoms with Gasteiger partial charge in [0.25, 0.3) is 11.5 Å². The first-order valence-electron chi connectivity index (χ1n) is 6.50. The molecular weight excluding hydrogens is 288 g/mol. The van der Waals surface area contributed by atoms with Gasteiger partial charge in [-0.25, -0.2) is 4.98 Å². The molecule has 0 unspecified atom stereocenters. The molecule has 0 radical (unpaired) electrons. The molecule has 104 valence electrons. The number of benzene rings is 1. The second-order valence-electron chi connectivity index (χ2n) is 4.63. The third-order valence-corrected chi connectivity index (χ3v) is 4.61. The lowest BCUT2D eigenvalue weighted by atomic mass is 10.1. The zero-order valence-corrected chi connectivity index (χ0v) is 11.9. The minimum absolute atomic E-state index is 0.139. The number of thiazole rings is 1. The summed E-state index contributed by atoms with van der Waals surface area (Å²) in [4.78, 5) is 31.3. The second kappa shape index (κ2) is 4.23. The first kappa shape index (κ1) is 12.2. The summed E-state index contributed by atoms with van der Waals surface area (Å²) in [5, 5.41) is 3.90. The fourth-order valence-corrected chi connectivity index (χ4v) is 3.61. The van der Waals surface area contributed by atoms with Crippen molar-refractivity contribution in [2.45, 2.75) is 6.92 Å². The third-order valence-electron chi connectivity index (χ3n) is 3.56. The Labute approximate surface area is 123 Å². The maximum absolute atomic E-state index is 12.7. The standard InChI is InChI=1S/C14H10N4O2S/c1-2-17-9-6-4-3-5-8(9)10(12(17)19)11-13(20)18-14(21-11)15-7-16-18/h3-7H,2H2,1H3/b11-10-. The molecular formula is C14H10N4O2S. The van der Waals surface area contributed by atoms with Crippen molar-refractivity contribution >= 4 is 33.5 Å². The molecule has 0 N–H and O–H groups in total. The molecule has 0 atom stereocenters. The summed E-state index contributed by atoms with van der Waals surface area (Å²) in [6.07, 6.45) is 1.34. The van der Waals surface area contributed by atoms with Crippen molar-refractivity contribution in [1.82, 2.24) is 14.6 Å². The Morgan fingerprint density at radius 2 is 2.05 bits per heavy atom. The lowest BCUT2D eigenvalue weighted by Crippen LogP contribution is -2.32. The van der Waals surface area contributed by atoms with E-state index in [-0.39, 0.29) is 11.5 Å². The number of nitrogens with zero attached hydrogens (tertiary/aromatic N) is 4. The molecule has 1 amide bonds. The van der Waals surface area contributed by atoms with Crippen LogP contribution in [0.5, 0.6) is 0 Å². The van der Waals surface area contributed by atoms with Crippen LogP contribution in [0.25, 0.3) is 10.5 Å². The lowest BCUT2D eigenvalue weighted by molar-refractivity contribution is -0.113. The maximum Gasteiger partial charge on any atom is 0.291 e. The zero-order valence-electron chi connectivity index (χ0n) is 11.1. The quantitative estimate of drug-likeness (QED) is 0.653. The summed E-state index contributed by atoms with van der Waals surface area (Å²) < 4.78 is 1.64. The van der Waals surface area contributed by atoms with E-state index in [0.717, 1.165) is 11.3 Å². The molecule has 0 bridgehead atoms. The van der Waals surface area contributed by atoms with Gasteiger partial charge in [-0.1, -0.05) is 29.5 Å². The monoisotopic (exact) mass is 298 g/mol. The van der Waals surface area contributed by atoms with Gasteiger partial charge in [0.05, 0.1) is 11.3 Å². The lowest BCUT2D eigenvalue weighted by Gasteiger charge is -2.13. The molecule has 0 spiro atoms. The highest BCUT2D eigenvalue weighted by atomic mass is 32.1. The fourth-order valence-electron chi connectivity index (χ4n) is 2.64. The average molecular weight is 298 g/mol. The third kappa shape index (κ3) is 1.52.